The Morgan fingerprint density at radius 1 is 1.42 bits per heavy atom. The van der Waals surface area contributed by atoms with E-state index >= 15 is 0 Å². The molecule has 1 aromatic carbocycles. The molecule has 0 spiro atoms. The van der Waals surface area contributed by atoms with Crippen molar-refractivity contribution in [2.45, 2.75) is 13.0 Å². The van der Waals surface area contributed by atoms with Crippen LogP contribution in [-0.4, -0.2) is 6.10 Å². The second-order valence-electron chi connectivity index (χ2n) is 2.53. The van der Waals surface area contributed by atoms with Gasteiger partial charge in [-0.3, -0.25) is 10.3 Å². The van der Waals surface area contributed by atoms with Crippen molar-refractivity contribution < 1.29 is 4.84 Å². The van der Waals surface area contributed by atoms with E-state index in [2.05, 4.69) is 12.1 Å². The monoisotopic (exact) mass is 163 g/mol. The lowest BCUT2D eigenvalue weighted by Crippen LogP contribution is -2.09. The summed E-state index contributed by atoms with van der Waals surface area (Å²) in [5.41, 5.74) is 3.77. The fourth-order valence-corrected chi connectivity index (χ4v) is 0.715. The molecule has 1 aromatic rings. The molecule has 64 valence electrons. The van der Waals surface area contributed by atoms with E-state index in [0.717, 1.165) is 5.69 Å². The number of anilines is 1. The van der Waals surface area contributed by atoms with Crippen molar-refractivity contribution in [2.24, 2.45) is 0 Å². The summed E-state index contributed by atoms with van der Waals surface area (Å²) >= 11 is 0. The first-order valence-corrected chi connectivity index (χ1v) is 3.92. The standard InChI is InChI=1S/C10H13NO/c1-3-9(2)12-11-10-7-5-4-6-8-10/h3-9,11H,1H2,2H3. The summed E-state index contributed by atoms with van der Waals surface area (Å²) < 4.78 is 0. The second-order valence-corrected chi connectivity index (χ2v) is 2.53. The van der Waals surface area contributed by atoms with Gasteiger partial charge >= 0.3 is 0 Å². The first kappa shape index (κ1) is 8.81. The molecule has 1 unspecified atom stereocenters. The number of nitrogens with one attached hydrogen (secondary N) is 1. The number of hydrogen-bond acceptors (Lipinski definition) is 2. The topological polar surface area (TPSA) is 21.3 Å². The highest BCUT2D eigenvalue weighted by Gasteiger charge is 1.94. The van der Waals surface area contributed by atoms with Crippen molar-refractivity contribution >= 4 is 5.69 Å². The van der Waals surface area contributed by atoms with Gasteiger partial charge in [0, 0.05) is 0 Å². The van der Waals surface area contributed by atoms with Gasteiger partial charge in [0.1, 0.15) is 6.10 Å². The van der Waals surface area contributed by atoms with Crippen LogP contribution in [0.1, 0.15) is 6.92 Å². The number of hydrogen-bond donors (Lipinski definition) is 1. The molecule has 0 aromatic heterocycles. The molecule has 0 aliphatic heterocycles. The summed E-state index contributed by atoms with van der Waals surface area (Å²) in [5.74, 6) is 0. The smallest absolute Gasteiger partial charge is 0.100 e. The van der Waals surface area contributed by atoms with Crippen LogP contribution in [0.25, 0.3) is 0 Å². The molecule has 12 heavy (non-hydrogen) atoms. The van der Waals surface area contributed by atoms with E-state index in [-0.39, 0.29) is 6.10 Å². The summed E-state index contributed by atoms with van der Waals surface area (Å²) in [4.78, 5) is 5.21. The first-order chi connectivity index (χ1) is 5.83. The van der Waals surface area contributed by atoms with Gasteiger partial charge in [0.05, 0.1) is 5.69 Å². The maximum absolute atomic E-state index is 5.21. The predicted molar refractivity (Wildman–Crippen MR) is 50.8 cm³/mol. The zero-order valence-corrected chi connectivity index (χ0v) is 7.16. The molecule has 1 N–H and O–H groups in total. The van der Waals surface area contributed by atoms with E-state index < -0.39 is 0 Å². The average Bonchev–Trinajstić information content (AvgIpc) is 2.16. The van der Waals surface area contributed by atoms with Gasteiger partial charge in [-0.15, -0.1) is 6.58 Å². The van der Waals surface area contributed by atoms with Crippen LogP contribution in [0.2, 0.25) is 0 Å². The first-order valence-electron chi connectivity index (χ1n) is 3.92. The molecular formula is C10H13NO. The fraction of sp³-hybridized carbons (Fsp3) is 0.200. The maximum atomic E-state index is 5.21. The molecule has 0 fully saturated rings. The molecule has 1 rings (SSSR count). The third-order valence-electron chi connectivity index (χ3n) is 1.47. The lowest BCUT2D eigenvalue weighted by molar-refractivity contribution is 0.152. The molecule has 0 bridgehead atoms. The lowest BCUT2D eigenvalue weighted by atomic mass is 10.3. The van der Waals surface area contributed by atoms with Crippen LogP contribution < -0.4 is 5.48 Å². The summed E-state index contributed by atoms with van der Waals surface area (Å²) in [6, 6.07) is 9.74. The molecule has 2 nitrogen and oxygen atoms in total. The van der Waals surface area contributed by atoms with Crippen LogP contribution in [0.3, 0.4) is 0 Å². The summed E-state index contributed by atoms with van der Waals surface area (Å²) in [5, 5.41) is 0. The molecule has 0 radical (unpaired) electrons. The molecule has 2 heteroatoms. The fourth-order valence-electron chi connectivity index (χ4n) is 0.715. The van der Waals surface area contributed by atoms with Gasteiger partial charge in [-0.25, -0.2) is 0 Å². The van der Waals surface area contributed by atoms with Crippen LogP contribution in [0, 0.1) is 0 Å². The van der Waals surface area contributed by atoms with E-state index in [9.17, 15) is 0 Å². The van der Waals surface area contributed by atoms with Crippen molar-refractivity contribution in [1.29, 1.82) is 0 Å². The van der Waals surface area contributed by atoms with E-state index in [1.165, 1.54) is 0 Å². The lowest BCUT2D eigenvalue weighted by Gasteiger charge is -2.09. The van der Waals surface area contributed by atoms with Gasteiger partial charge in [-0.1, -0.05) is 24.3 Å². The third kappa shape index (κ3) is 2.76. The van der Waals surface area contributed by atoms with Gasteiger partial charge in [0.15, 0.2) is 0 Å². The highest BCUT2D eigenvalue weighted by atomic mass is 16.7. The minimum absolute atomic E-state index is 0.0187. The molecule has 0 aliphatic rings. The maximum Gasteiger partial charge on any atom is 0.100 e. The largest absolute Gasteiger partial charge is 0.269 e. The second kappa shape index (κ2) is 4.57. The Balaban J connectivity index is 2.38. The van der Waals surface area contributed by atoms with Crippen LogP contribution in [0.15, 0.2) is 43.0 Å². The zero-order valence-electron chi connectivity index (χ0n) is 7.16. The van der Waals surface area contributed by atoms with Crippen LogP contribution in [-0.2, 0) is 4.84 Å². The predicted octanol–water partition coefficient (Wildman–Crippen LogP) is 2.60. The Kier molecular flexibility index (Phi) is 3.35. The highest BCUT2D eigenvalue weighted by Crippen LogP contribution is 2.05. The van der Waals surface area contributed by atoms with E-state index in [1.54, 1.807) is 6.08 Å². The van der Waals surface area contributed by atoms with Crippen LogP contribution >= 0.6 is 0 Å². The third-order valence-corrected chi connectivity index (χ3v) is 1.47. The Hall–Kier alpha value is -1.28. The Morgan fingerprint density at radius 3 is 2.67 bits per heavy atom. The van der Waals surface area contributed by atoms with Gasteiger partial charge in [0.25, 0.3) is 0 Å². The Morgan fingerprint density at radius 2 is 2.08 bits per heavy atom. The van der Waals surface area contributed by atoms with Gasteiger partial charge < -0.3 is 0 Å². The van der Waals surface area contributed by atoms with Crippen LogP contribution in [0.4, 0.5) is 5.69 Å². The quantitative estimate of drug-likeness (QED) is 0.544. The number of benzene rings is 1. The van der Waals surface area contributed by atoms with Gasteiger partial charge in [-0.05, 0) is 19.1 Å². The molecule has 0 heterocycles. The molecule has 0 aliphatic carbocycles. The van der Waals surface area contributed by atoms with Crippen LogP contribution in [0.5, 0.6) is 0 Å². The van der Waals surface area contributed by atoms with Crippen molar-refractivity contribution in [3.63, 3.8) is 0 Å². The molecule has 1 atom stereocenters. The summed E-state index contributed by atoms with van der Waals surface area (Å²) in [7, 11) is 0. The number of rotatable bonds is 4. The molecule has 0 amide bonds. The van der Waals surface area contributed by atoms with Crippen molar-refractivity contribution in [1.82, 2.24) is 0 Å². The Bertz CT molecular complexity index is 233. The van der Waals surface area contributed by atoms with Crippen molar-refractivity contribution in [2.75, 3.05) is 5.48 Å². The van der Waals surface area contributed by atoms with E-state index in [1.807, 2.05) is 37.3 Å². The zero-order chi connectivity index (χ0) is 8.81. The van der Waals surface area contributed by atoms with E-state index in [0.29, 0.717) is 0 Å². The summed E-state index contributed by atoms with van der Waals surface area (Å²) in [6.07, 6.45) is 1.75. The minimum atomic E-state index is 0.0187. The molecule has 0 saturated carbocycles. The average molecular weight is 163 g/mol. The number of para-hydroxylation sites is 1. The van der Waals surface area contributed by atoms with Gasteiger partial charge in [0.2, 0.25) is 0 Å². The van der Waals surface area contributed by atoms with Crippen molar-refractivity contribution in [3.8, 4) is 0 Å². The minimum Gasteiger partial charge on any atom is -0.269 e. The highest BCUT2D eigenvalue weighted by molar-refractivity contribution is 5.40. The molecular weight excluding hydrogens is 150 g/mol. The normalized spacial score (nSPS) is 12.1. The Labute approximate surface area is 72.8 Å². The van der Waals surface area contributed by atoms with E-state index in [4.69, 9.17) is 4.84 Å². The van der Waals surface area contributed by atoms with Crippen molar-refractivity contribution in [3.05, 3.63) is 43.0 Å². The van der Waals surface area contributed by atoms with Gasteiger partial charge in [-0.2, -0.15) is 0 Å². The summed E-state index contributed by atoms with van der Waals surface area (Å²) in [6.45, 7) is 5.53. The molecule has 0 saturated heterocycles. The SMILES string of the molecule is C=CC(C)ONc1ccccc1.